The van der Waals surface area contributed by atoms with Gasteiger partial charge in [0, 0.05) is 40.6 Å². The molecule has 1 aromatic heterocycles. The molecule has 0 saturated heterocycles. The number of nitrogens with one attached hydrogen (secondary N) is 1. The van der Waals surface area contributed by atoms with Crippen LogP contribution in [-0.4, -0.2) is 14.8 Å². The maximum Gasteiger partial charge on any atom is 0.106 e. The molecule has 0 radical (unpaired) electrons. The highest BCUT2D eigenvalue weighted by Crippen LogP contribution is 2.22. The van der Waals surface area contributed by atoms with Crippen molar-refractivity contribution in [1.29, 1.82) is 0 Å². The van der Waals surface area contributed by atoms with Crippen LogP contribution in [0.15, 0.2) is 28.9 Å². The zero-order chi connectivity index (χ0) is 14.0. The quantitative estimate of drug-likeness (QED) is 0.841. The van der Waals surface area contributed by atoms with Gasteiger partial charge in [0.2, 0.25) is 0 Å². The maximum absolute atomic E-state index is 5.74. The van der Waals surface area contributed by atoms with E-state index < -0.39 is 0 Å². The third-order valence-electron chi connectivity index (χ3n) is 3.05. The third kappa shape index (κ3) is 3.13. The highest BCUT2D eigenvalue weighted by Gasteiger charge is 2.08. The Bertz CT molecular complexity index is 621. The Balaban J connectivity index is 2.20. The number of hydrogen-bond donors (Lipinski definition) is 2. The van der Waals surface area contributed by atoms with Gasteiger partial charge in [-0.2, -0.15) is 5.10 Å². The molecule has 6 heteroatoms. The van der Waals surface area contributed by atoms with Crippen LogP contribution in [0.5, 0.6) is 0 Å². The first-order chi connectivity index (χ1) is 8.99. The number of anilines is 1. The molecule has 0 spiro atoms. The lowest BCUT2D eigenvalue weighted by atomic mass is 10.1. The van der Waals surface area contributed by atoms with E-state index in [1.807, 2.05) is 43.0 Å². The molecule has 0 unspecified atom stereocenters. The summed E-state index contributed by atoms with van der Waals surface area (Å²) < 4.78 is 2.81. The predicted octanol–water partition coefficient (Wildman–Crippen LogP) is 2.74. The summed E-state index contributed by atoms with van der Waals surface area (Å²) >= 11 is 8.49. The molecule has 100 valence electrons. The summed E-state index contributed by atoms with van der Waals surface area (Å²) in [6, 6.07) is 5.84. The Morgan fingerprint density at radius 3 is 2.84 bits per heavy atom. The largest absolute Gasteiger partial charge is 0.389 e. The van der Waals surface area contributed by atoms with Crippen LogP contribution in [0.1, 0.15) is 16.8 Å². The molecule has 1 aromatic carbocycles. The van der Waals surface area contributed by atoms with E-state index in [-0.39, 0.29) is 0 Å². The van der Waals surface area contributed by atoms with Crippen molar-refractivity contribution in [3.63, 3.8) is 0 Å². The van der Waals surface area contributed by atoms with Gasteiger partial charge in [0.05, 0.1) is 6.20 Å². The molecule has 0 saturated carbocycles. The van der Waals surface area contributed by atoms with Crippen LogP contribution in [0, 0.1) is 6.92 Å². The molecule has 0 aliphatic rings. The van der Waals surface area contributed by atoms with Gasteiger partial charge in [-0.05, 0) is 25.1 Å². The van der Waals surface area contributed by atoms with Crippen molar-refractivity contribution in [1.82, 2.24) is 9.78 Å². The standard InChI is InChI=1S/C13H15BrN4S/c1-8-9(7-17-18(8)2)6-16-12-4-3-10(14)5-11(12)13(15)19/h3-5,7,16H,6H2,1-2H3,(H2,15,19). The number of hydrogen-bond acceptors (Lipinski definition) is 3. The van der Waals surface area contributed by atoms with E-state index in [1.54, 1.807) is 0 Å². The van der Waals surface area contributed by atoms with Crippen molar-refractivity contribution in [2.24, 2.45) is 12.8 Å². The highest BCUT2D eigenvalue weighted by atomic mass is 79.9. The van der Waals surface area contributed by atoms with Gasteiger partial charge in [-0.3, -0.25) is 4.68 Å². The summed E-state index contributed by atoms with van der Waals surface area (Å²) in [7, 11) is 1.93. The summed E-state index contributed by atoms with van der Waals surface area (Å²) in [6.45, 7) is 2.73. The normalized spacial score (nSPS) is 10.5. The topological polar surface area (TPSA) is 55.9 Å². The van der Waals surface area contributed by atoms with Crippen LogP contribution in [-0.2, 0) is 13.6 Å². The maximum atomic E-state index is 5.74. The smallest absolute Gasteiger partial charge is 0.106 e. The lowest BCUT2D eigenvalue weighted by molar-refractivity contribution is 0.738. The molecule has 4 nitrogen and oxygen atoms in total. The molecule has 19 heavy (non-hydrogen) atoms. The van der Waals surface area contributed by atoms with E-state index in [0.717, 1.165) is 27.0 Å². The summed E-state index contributed by atoms with van der Waals surface area (Å²) in [6.07, 6.45) is 1.86. The van der Waals surface area contributed by atoms with Gasteiger partial charge in [0.15, 0.2) is 0 Å². The zero-order valence-corrected chi connectivity index (χ0v) is 13.2. The zero-order valence-electron chi connectivity index (χ0n) is 10.8. The fourth-order valence-corrected chi connectivity index (χ4v) is 2.31. The molecule has 0 atom stereocenters. The third-order valence-corrected chi connectivity index (χ3v) is 3.77. The fraction of sp³-hybridized carbons (Fsp3) is 0.231. The van der Waals surface area contributed by atoms with Crippen LogP contribution < -0.4 is 11.1 Å². The van der Waals surface area contributed by atoms with E-state index in [4.69, 9.17) is 18.0 Å². The first-order valence-corrected chi connectivity index (χ1v) is 7.00. The Kier molecular flexibility index (Phi) is 4.21. The molecule has 2 rings (SSSR count). The molecule has 1 heterocycles. The lowest BCUT2D eigenvalue weighted by Gasteiger charge is -2.11. The molecular formula is C13H15BrN4S. The first kappa shape index (κ1) is 14.0. The van der Waals surface area contributed by atoms with E-state index in [2.05, 4.69) is 26.3 Å². The molecule has 0 bridgehead atoms. The van der Waals surface area contributed by atoms with E-state index >= 15 is 0 Å². The summed E-state index contributed by atoms with van der Waals surface area (Å²) in [5.41, 5.74) is 9.80. The van der Waals surface area contributed by atoms with Crippen LogP contribution >= 0.6 is 28.1 Å². The molecule has 0 aliphatic heterocycles. The second kappa shape index (κ2) is 5.71. The number of aryl methyl sites for hydroxylation is 1. The summed E-state index contributed by atoms with van der Waals surface area (Å²) in [5.74, 6) is 0. The van der Waals surface area contributed by atoms with Crippen LogP contribution in [0.2, 0.25) is 0 Å². The van der Waals surface area contributed by atoms with E-state index in [0.29, 0.717) is 11.5 Å². The Labute approximate surface area is 126 Å². The van der Waals surface area contributed by atoms with Gasteiger partial charge in [0.25, 0.3) is 0 Å². The van der Waals surface area contributed by atoms with Crippen molar-refractivity contribution in [3.05, 3.63) is 45.7 Å². The van der Waals surface area contributed by atoms with Gasteiger partial charge < -0.3 is 11.1 Å². The molecule has 0 amide bonds. The van der Waals surface area contributed by atoms with E-state index in [1.165, 1.54) is 0 Å². The monoisotopic (exact) mass is 338 g/mol. The average molecular weight is 339 g/mol. The SMILES string of the molecule is Cc1c(CNc2ccc(Br)cc2C(N)=S)cnn1C. The van der Waals surface area contributed by atoms with Crippen LogP contribution in [0.3, 0.4) is 0 Å². The predicted molar refractivity (Wildman–Crippen MR) is 85.3 cm³/mol. The minimum atomic E-state index is 0.381. The highest BCUT2D eigenvalue weighted by molar-refractivity contribution is 9.10. The van der Waals surface area contributed by atoms with E-state index in [9.17, 15) is 0 Å². The Morgan fingerprint density at radius 1 is 1.53 bits per heavy atom. The van der Waals surface area contributed by atoms with Crippen LogP contribution in [0.25, 0.3) is 0 Å². The number of benzene rings is 1. The van der Waals surface area contributed by atoms with Crippen molar-refractivity contribution >= 4 is 38.8 Å². The number of nitrogens with zero attached hydrogens (tertiary/aromatic N) is 2. The average Bonchev–Trinajstić information content (AvgIpc) is 2.68. The number of nitrogens with two attached hydrogens (primary N) is 1. The Hall–Kier alpha value is -1.40. The van der Waals surface area contributed by atoms with Gasteiger partial charge in [-0.1, -0.05) is 28.1 Å². The summed E-state index contributed by atoms with van der Waals surface area (Å²) in [5, 5.41) is 7.57. The second-order valence-electron chi connectivity index (χ2n) is 4.29. The summed E-state index contributed by atoms with van der Waals surface area (Å²) in [4.78, 5) is 0.381. The molecular weight excluding hydrogens is 324 g/mol. The van der Waals surface area contributed by atoms with Crippen molar-refractivity contribution in [3.8, 4) is 0 Å². The molecule has 0 fully saturated rings. The first-order valence-electron chi connectivity index (χ1n) is 5.79. The number of aromatic nitrogens is 2. The van der Waals surface area contributed by atoms with Crippen molar-refractivity contribution in [2.75, 3.05) is 5.32 Å². The van der Waals surface area contributed by atoms with Crippen molar-refractivity contribution < 1.29 is 0 Å². The molecule has 0 aliphatic carbocycles. The van der Waals surface area contributed by atoms with Gasteiger partial charge >= 0.3 is 0 Å². The number of halogens is 1. The minimum Gasteiger partial charge on any atom is -0.389 e. The number of thiocarbonyl (C=S) groups is 1. The van der Waals surface area contributed by atoms with Gasteiger partial charge in [-0.15, -0.1) is 0 Å². The van der Waals surface area contributed by atoms with Crippen molar-refractivity contribution in [2.45, 2.75) is 13.5 Å². The molecule has 2 aromatic rings. The van der Waals surface area contributed by atoms with Gasteiger partial charge in [-0.25, -0.2) is 0 Å². The number of rotatable bonds is 4. The molecule has 3 N–H and O–H groups in total. The van der Waals surface area contributed by atoms with Gasteiger partial charge in [0.1, 0.15) is 4.99 Å². The second-order valence-corrected chi connectivity index (χ2v) is 5.64. The minimum absolute atomic E-state index is 0.381. The lowest BCUT2D eigenvalue weighted by Crippen LogP contribution is -2.13. The Morgan fingerprint density at radius 2 is 2.26 bits per heavy atom. The van der Waals surface area contributed by atoms with Crippen LogP contribution in [0.4, 0.5) is 5.69 Å². The fourth-order valence-electron chi connectivity index (χ4n) is 1.78.